The Morgan fingerprint density at radius 1 is 1.23 bits per heavy atom. The molecule has 0 saturated heterocycles. The summed E-state index contributed by atoms with van der Waals surface area (Å²) in [7, 11) is 0. The molecule has 2 aromatic rings. The molecule has 0 saturated carbocycles. The molecule has 0 aliphatic rings. The van der Waals surface area contributed by atoms with Crippen LogP contribution in [0.3, 0.4) is 0 Å². The van der Waals surface area contributed by atoms with Gasteiger partial charge in [0.2, 0.25) is 0 Å². The fourth-order valence-corrected chi connectivity index (χ4v) is 1.44. The Bertz CT molecular complexity index is 423. The quantitative estimate of drug-likeness (QED) is 0.667. The summed E-state index contributed by atoms with van der Waals surface area (Å²) in [6.45, 7) is 6.45. The molecule has 0 aromatic carbocycles. The van der Waals surface area contributed by atoms with E-state index in [0.717, 1.165) is 16.7 Å². The van der Waals surface area contributed by atoms with E-state index in [1.807, 2.05) is 12.3 Å². The van der Waals surface area contributed by atoms with E-state index in [9.17, 15) is 0 Å². The first-order valence-corrected chi connectivity index (χ1v) is 4.37. The summed E-state index contributed by atoms with van der Waals surface area (Å²) in [4.78, 5) is 11.7. The van der Waals surface area contributed by atoms with Crippen molar-refractivity contribution in [3.63, 3.8) is 0 Å². The Labute approximate surface area is 77.2 Å². The summed E-state index contributed by atoms with van der Waals surface area (Å²) in [5.74, 6) is 0. The number of H-pyrrole nitrogens is 1. The summed E-state index contributed by atoms with van der Waals surface area (Å²) in [5.41, 5.74) is 3.17. The van der Waals surface area contributed by atoms with Gasteiger partial charge in [-0.2, -0.15) is 0 Å². The van der Waals surface area contributed by atoms with Crippen LogP contribution in [0.4, 0.5) is 0 Å². The molecular formula is C10H13N3. The monoisotopic (exact) mass is 175 g/mol. The van der Waals surface area contributed by atoms with Crippen LogP contribution in [0.15, 0.2) is 18.6 Å². The van der Waals surface area contributed by atoms with Gasteiger partial charge in [0.15, 0.2) is 0 Å². The molecule has 1 N–H and O–H groups in total. The van der Waals surface area contributed by atoms with Gasteiger partial charge in [0, 0.05) is 11.6 Å². The van der Waals surface area contributed by atoms with Crippen LogP contribution in [-0.4, -0.2) is 15.0 Å². The highest BCUT2D eigenvalue weighted by atomic mass is 14.9. The van der Waals surface area contributed by atoms with Crippen LogP contribution < -0.4 is 0 Å². The maximum Gasteiger partial charge on any atom is 0.0932 e. The van der Waals surface area contributed by atoms with Crippen molar-refractivity contribution in [1.29, 1.82) is 0 Å². The van der Waals surface area contributed by atoms with Crippen molar-refractivity contribution >= 4 is 11.0 Å². The molecule has 0 unspecified atom stereocenters. The SMILES string of the molecule is CC(C)(C)c1nccc2nc[nH]c12. The van der Waals surface area contributed by atoms with Crippen molar-refractivity contribution in [1.82, 2.24) is 15.0 Å². The Hall–Kier alpha value is -1.38. The number of nitrogens with zero attached hydrogens (tertiary/aromatic N) is 2. The largest absolute Gasteiger partial charge is 0.343 e. The molecule has 0 spiro atoms. The molecule has 0 amide bonds. The number of hydrogen-bond acceptors (Lipinski definition) is 2. The number of rotatable bonds is 0. The highest BCUT2D eigenvalue weighted by Crippen LogP contribution is 2.25. The van der Waals surface area contributed by atoms with E-state index >= 15 is 0 Å². The van der Waals surface area contributed by atoms with E-state index in [2.05, 4.69) is 35.7 Å². The summed E-state index contributed by atoms with van der Waals surface area (Å²) in [6.07, 6.45) is 3.52. The van der Waals surface area contributed by atoms with Crippen LogP contribution >= 0.6 is 0 Å². The number of pyridine rings is 1. The summed E-state index contributed by atoms with van der Waals surface area (Å²) < 4.78 is 0. The third-order valence-corrected chi connectivity index (χ3v) is 2.05. The van der Waals surface area contributed by atoms with Gasteiger partial charge in [-0.1, -0.05) is 20.8 Å². The van der Waals surface area contributed by atoms with Crippen molar-refractivity contribution in [2.75, 3.05) is 0 Å². The van der Waals surface area contributed by atoms with Crippen molar-refractivity contribution in [2.45, 2.75) is 26.2 Å². The molecule has 2 heterocycles. The fraction of sp³-hybridized carbons (Fsp3) is 0.400. The molecular weight excluding hydrogens is 162 g/mol. The van der Waals surface area contributed by atoms with Crippen LogP contribution in [0.2, 0.25) is 0 Å². The zero-order valence-corrected chi connectivity index (χ0v) is 8.13. The van der Waals surface area contributed by atoms with Crippen molar-refractivity contribution < 1.29 is 0 Å². The molecule has 13 heavy (non-hydrogen) atoms. The number of hydrogen-bond donors (Lipinski definition) is 1. The molecule has 0 bridgehead atoms. The predicted molar refractivity (Wildman–Crippen MR) is 52.6 cm³/mol. The van der Waals surface area contributed by atoms with E-state index < -0.39 is 0 Å². The van der Waals surface area contributed by atoms with E-state index in [1.54, 1.807) is 6.33 Å². The minimum Gasteiger partial charge on any atom is -0.343 e. The first-order valence-electron chi connectivity index (χ1n) is 4.37. The molecule has 0 atom stereocenters. The van der Waals surface area contributed by atoms with Gasteiger partial charge >= 0.3 is 0 Å². The van der Waals surface area contributed by atoms with Gasteiger partial charge in [-0.15, -0.1) is 0 Å². The van der Waals surface area contributed by atoms with Gasteiger partial charge < -0.3 is 4.98 Å². The Kier molecular flexibility index (Phi) is 1.62. The van der Waals surface area contributed by atoms with Crippen LogP contribution in [0, 0.1) is 0 Å². The lowest BCUT2D eigenvalue weighted by molar-refractivity contribution is 0.574. The fourth-order valence-electron chi connectivity index (χ4n) is 1.44. The minimum atomic E-state index is 0.0616. The minimum absolute atomic E-state index is 0.0616. The predicted octanol–water partition coefficient (Wildman–Crippen LogP) is 2.26. The molecule has 0 fully saturated rings. The molecule has 0 aliphatic carbocycles. The summed E-state index contributed by atoms with van der Waals surface area (Å²) >= 11 is 0. The first kappa shape index (κ1) is 8.23. The zero-order chi connectivity index (χ0) is 9.47. The van der Waals surface area contributed by atoms with Gasteiger partial charge in [0.25, 0.3) is 0 Å². The Balaban J connectivity index is 2.75. The molecule has 2 rings (SSSR count). The van der Waals surface area contributed by atoms with Crippen molar-refractivity contribution in [2.24, 2.45) is 0 Å². The van der Waals surface area contributed by atoms with Gasteiger partial charge in [0.05, 0.1) is 23.1 Å². The average molecular weight is 175 g/mol. The summed E-state index contributed by atoms with van der Waals surface area (Å²) in [6, 6.07) is 1.92. The molecule has 0 radical (unpaired) electrons. The maximum absolute atomic E-state index is 4.38. The average Bonchev–Trinajstić information content (AvgIpc) is 2.48. The number of aromatic amines is 1. The number of imidazole rings is 1. The Morgan fingerprint density at radius 2 is 2.00 bits per heavy atom. The number of aromatic nitrogens is 3. The van der Waals surface area contributed by atoms with E-state index in [-0.39, 0.29) is 5.41 Å². The third-order valence-electron chi connectivity index (χ3n) is 2.05. The maximum atomic E-state index is 4.38. The lowest BCUT2D eigenvalue weighted by atomic mass is 9.91. The molecule has 2 aromatic heterocycles. The van der Waals surface area contributed by atoms with Gasteiger partial charge in [-0.3, -0.25) is 4.98 Å². The highest BCUT2D eigenvalue weighted by molar-refractivity contribution is 5.77. The number of nitrogens with one attached hydrogen (secondary N) is 1. The van der Waals surface area contributed by atoms with E-state index in [1.165, 1.54) is 0 Å². The second-order valence-electron chi connectivity index (χ2n) is 4.21. The molecule has 3 nitrogen and oxygen atoms in total. The number of fused-ring (bicyclic) bond motifs is 1. The standard InChI is InChI=1S/C10H13N3/c1-10(2,3)9-8-7(4-5-11-9)12-6-13-8/h4-6H,1-3H3,(H,12,13). The lowest BCUT2D eigenvalue weighted by Gasteiger charge is -2.17. The first-order chi connectivity index (χ1) is 6.09. The summed E-state index contributed by atoms with van der Waals surface area (Å²) in [5, 5.41) is 0. The zero-order valence-electron chi connectivity index (χ0n) is 8.13. The second-order valence-corrected chi connectivity index (χ2v) is 4.21. The van der Waals surface area contributed by atoms with Crippen LogP contribution in [0.5, 0.6) is 0 Å². The van der Waals surface area contributed by atoms with Crippen molar-refractivity contribution in [3.05, 3.63) is 24.3 Å². The molecule has 3 heteroatoms. The normalized spacial score (nSPS) is 12.2. The lowest BCUT2D eigenvalue weighted by Crippen LogP contribution is -2.13. The van der Waals surface area contributed by atoms with Crippen LogP contribution in [-0.2, 0) is 5.41 Å². The van der Waals surface area contributed by atoms with E-state index in [0.29, 0.717) is 0 Å². The molecule has 68 valence electrons. The smallest absolute Gasteiger partial charge is 0.0932 e. The Morgan fingerprint density at radius 3 is 2.69 bits per heavy atom. The topological polar surface area (TPSA) is 41.6 Å². The van der Waals surface area contributed by atoms with Gasteiger partial charge in [0.1, 0.15) is 0 Å². The van der Waals surface area contributed by atoms with Crippen LogP contribution in [0.25, 0.3) is 11.0 Å². The van der Waals surface area contributed by atoms with Crippen molar-refractivity contribution in [3.8, 4) is 0 Å². The molecule has 0 aliphatic heterocycles. The second kappa shape index (κ2) is 2.55. The third kappa shape index (κ3) is 1.30. The highest BCUT2D eigenvalue weighted by Gasteiger charge is 2.19. The van der Waals surface area contributed by atoms with Crippen LogP contribution in [0.1, 0.15) is 26.5 Å². The van der Waals surface area contributed by atoms with Gasteiger partial charge in [-0.05, 0) is 6.07 Å². The van der Waals surface area contributed by atoms with E-state index in [4.69, 9.17) is 0 Å². The van der Waals surface area contributed by atoms with Gasteiger partial charge in [-0.25, -0.2) is 4.98 Å².